The SMILES string of the molecule is C[C@@]1([N+](=O)[O-])[C@H](C=O)[C@H]1c1ccccc1. The largest absolute Gasteiger partial charge is 0.303 e. The van der Waals surface area contributed by atoms with Crippen LogP contribution in [0.4, 0.5) is 0 Å². The molecule has 1 aromatic carbocycles. The van der Waals surface area contributed by atoms with E-state index in [4.69, 9.17) is 0 Å². The Morgan fingerprint density at radius 2 is 2.00 bits per heavy atom. The van der Waals surface area contributed by atoms with Crippen LogP contribution in [0.25, 0.3) is 0 Å². The maximum atomic E-state index is 10.9. The molecule has 0 radical (unpaired) electrons. The summed E-state index contributed by atoms with van der Waals surface area (Å²) in [4.78, 5) is 21.3. The van der Waals surface area contributed by atoms with Crippen molar-refractivity contribution in [1.82, 2.24) is 0 Å². The van der Waals surface area contributed by atoms with Crippen LogP contribution in [0.5, 0.6) is 0 Å². The van der Waals surface area contributed by atoms with Crippen LogP contribution in [0.2, 0.25) is 0 Å². The smallest absolute Gasteiger partial charge is 0.237 e. The molecule has 0 aliphatic heterocycles. The summed E-state index contributed by atoms with van der Waals surface area (Å²) in [6.07, 6.45) is 0.695. The summed E-state index contributed by atoms with van der Waals surface area (Å²) in [7, 11) is 0. The monoisotopic (exact) mass is 205 g/mol. The van der Waals surface area contributed by atoms with Gasteiger partial charge in [0.15, 0.2) is 0 Å². The summed E-state index contributed by atoms with van der Waals surface area (Å²) in [5.41, 5.74) is -0.239. The quantitative estimate of drug-likeness (QED) is 0.428. The van der Waals surface area contributed by atoms with Gasteiger partial charge in [0.05, 0.1) is 11.8 Å². The van der Waals surface area contributed by atoms with E-state index >= 15 is 0 Å². The second-order valence-corrected chi connectivity index (χ2v) is 4.03. The van der Waals surface area contributed by atoms with Gasteiger partial charge < -0.3 is 4.79 Å². The summed E-state index contributed by atoms with van der Waals surface area (Å²) in [5.74, 6) is -0.763. The molecule has 0 N–H and O–H groups in total. The molecule has 1 saturated carbocycles. The Morgan fingerprint density at radius 3 is 2.40 bits per heavy atom. The summed E-state index contributed by atoms with van der Waals surface area (Å²) >= 11 is 0. The van der Waals surface area contributed by atoms with E-state index in [1.807, 2.05) is 30.3 Å². The van der Waals surface area contributed by atoms with E-state index in [1.54, 1.807) is 0 Å². The molecule has 15 heavy (non-hydrogen) atoms. The van der Waals surface area contributed by atoms with E-state index in [9.17, 15) is 14.9 Å². The van der Waals surface area contributed by atoms with Crippen LogP contribution < -0.4 is 0 Å². The van der Waals surface area contributed by atoms with Gasteiger partial charge in [-0.2, -0.15) is 0 Å². The normalized spacial score (nSPS) is 33.4. The first-order valence-electron chi connectivity index (χ1n) is 4.77. The molecule has 0 heterocycles. The van der Waals surface area contributed by atoms with Crippen molar-refractivity contribution >= 4 is 6.29 Å². The van der Waals surface area contributed by atoms with Crippen molar-refractivity contribution in [2.75, 3.05) is 0 Å². The molecule has 1 aliphatic rings. The molecule has 3 atom stereocenters. The van der Waals surface area contributed by atoms with Crippen molar-refractivity contribution in [1.29, 1.82) is 0 Å². The zero-order valence-corrected chi connectivity index (χ0v) is 8.29. The van der Waals surface area contributed by atoms with E-state index < -0.39 is 11.5 Å². The van der Waals surface area contributed by atoms with Crippen molar-refractivity contribution in [3.8, 4) is 0 Å². The van der Waals surface area contributed by atoms with Gasteiger partial charge in [0.1, 0.15) is 6.29 Å². The molecule has 1 aromatic rings. The Bertz CT molecular complexity index is 404. The van der Waals surface area contributed by atoms with Crippen molar-refractivity contribution in [3.63, 3.8) is 0 Å². The summed E-state index contributed by atoms with van der Waals surface area (Å²) < 4.78 is 0. The van der Waals surface area contributed by atoms with E-state index in [0.717, 1.165) is 5.56 Å². The van der Waals surface area contributed by atoms with Gasteiger partial charge >= 0.3 is 0 Å². The molecule has 1 aliphatic carbocycles. The highest BCUT2D eigenvalue weighted by Gasteiger charge is 2.73. The lowest BCUT2D eigenvalue weighted by Crippen LogP contribution is -2.21. The lowest BCUT2D eigenvalue weighted by Gasteiger charge is -2.01. The van der Waals surface area contributed by atoms with Crippen LogP contribution in [0, 0.1) is 16.0 Å². The van der Waals surface area contributed by atoms with Gasteiger partial charge in [-0.25, -0.2) is 0 Å². The van der Waals surface area contributed by atoms with Crippen molar-refractivity contribution in [3.05, 3.63) is 46.0 Å². The summed E-state index contributed by atoms with van der Waals surface area (Å²) in [5, 5.41) is 10.9. The predicted octanol–water partition coefficient (Wildman–Crippen LogP) is 1.63. The van der Waals surface area contributed by atoms with E-state index in [2.05, 4.69) is 0 Å². The molecular weight excluding hydrogens is 194 g/mol. The minimum atomic E-state index is -1.11. The average molecular weight is 205 g/mol. The first-order chi connectivity index (χ1) is 7.12. The van der Waals surface area contributed by atoms with Crippen LogP contribution in [-0.2, 0) is 4.79 Å². The van der Waals surface area contributed by atoms with Crippen LogP contribution in [-0.4, -0.2) is 16.7 Å². The van der Waals surface area contributed by atoms with Crippen LogP contribution in [0.15, 0.2) is 30.3 Å². The Morgan fingerprint density at radius 1 is 1.40 bits per heavy atom. The molecule has 0 spiro atoms. The van der Waals surface area contributed by atoms with Crippen molar-refractivity contribution in [2.24, 2.45) is 5.92 Å². The topological polar surface area (TPSA) is 60.2 Å². The minimum Gasteiger partial charge on any atom is -0.303 e. The number of hydrogen-bond donors (Lipinski definition) is 0. The average Bonchev–Trinajstić information content (AvgIpc) is 2.87. The van der Waals surface area contributed by atoms with Crippen molar-refractivity contribution < 1.29 is 9.72 Å². The highest BCUT2D eigenvalue weighted by atomic mass is 16.6. The molecular formula is C11H11NO3. The number of aldehydes is 1. The molecule has 1 fully saturated rings. The molecule has 4 heteroatoms. The zero-order valence-electron chi connectivity index (χ0n) is 8.29. The second kappa shape index (κ2) is 3.15. The molecule has 0 bridgehead atoms. The third-order valence-corrected chi connectivity index (χ3v) is 3.25. The first-order valence-corrected chi connectivity index (χ1v) is 4.77. The fraction of sp³-hybridized carbons (Fsp3) is 0.364. The predicted molar refractivity (Wildman–Crippen MR) is 54.1 cm³/mol. The lowest BCUT2D eigenvalue weighted by molar-refractivity contribution is -0.537. The number of carbonyl (C=O) groups is 1. The molecule has 0 amide bonds. The molecule has 2 rings (SSSR count). The van der Waals surface area contributed by atoms with Gasteiger partial charge in [-0.1, -0.05) is 30.3 Å². The van der Waals surface area contributed by atoms with Gasteiger partial charge in [0.25, 0.3) is 0 Å². The van der Waals surface area contributed by atoms with E-state index in [0.29, 0.717) is 6.29 Å². The van der Waals surface area contributed by atoms with Gasteiger partial charge in [0.2, 0.25) is 5.54 Å². The third kappa shape index (κ3) is 1.25. The van der Waals surface area contributed by atoms with E-state index in [1.165, 1.54) is 6.92 Å². The molecule has 0 unspecified atom stereocenters. The summed E-state index contributed by atoms with van der Waals surface area (Å²) in [6.45, 7) is 1.53. The van der Waals surface area contributed by atoms with Crippen LogP contribution in [0.1, 0.15) is 18.4 Å². The van der Waals surface area contributed by atoms with E-state index in [-0.39, 0.29) is 10.8 Å². The second-order valence-electron chi connectivity index (χ2n) is 4.03. The lowest BCUT2D eigenvalue weighted by atomic mass is 10.1. The Labute approximate surface area is 87.1 Å². The Hall–Kier alpha value is -1.71. The van der Waals surface area contributed by atoms with Crippen LogP contribution >= 0.6 is 0 Å². The number of nitrogens with zero attached hydrogens (tertiary/aromatic N) is 1. The highest BCUT2D eigenvalue weighted by molar-refractivity contribution is 5.66. The maximum Gasteiger partial charge on any atom is 0.237 e. The van der Waals surface area contributed by atoms with Gasteiger partial charge in [-0.15, -0.1) is 0 Å². The highest BCUT2D eigenvalue weighted by Crippen LogP contribution is 2.58. The molecule has 4 nitrogen and oxygen atoms in total. The molecule has 0 saturated heterocycles. The number of hydrogen-bond acceptors (Lipinski definition) is 3. The fourth-order valence-corrected chi connectivity index (χ4v) is 2.19. The van der Waals surface area contributed by atoms with Gasteiger partial charge in [0, 0.05) is 11.8 Å². The first kappa shape index (κ1) is 9.83. The molecule has 0 aromatic heterocycles. The molecule has 78 valence electrons. The Kier molecular flexibility index (Phi) is 2.07. The third-order valence-electron chi connectivity index (χ3n) is 3.25. The maximum absolute atomic E-state index is 10.9. The van der Waals surface area contributed by atoms with Crippen LogP contribution in [0.3, 0.4) is 0 Å². The van der Waals surface area contributed by atoms with Gasteiger partial charge in [-0.05, 0) is 5.56 Å². The number of nitro groups is 1. The zero-order chi connectivity index (χ0) is 11.1. The number of carbonyl (C=O) groups excluding carboxylic acids is 1. The van der Waals surface area contributed by atoms with Gasteiger partial charge in [-0.3, -0.25) is 10.1 Å². The fourth-order valence-electron chi connectivity index (χ4n) is 2.19. The Balaban J connectivity index is 2.34. The van der Waals surface area contributed by atoms with Crippen molar-refractivity contribution in [2.45, 2.75) is 18.4 Å². The minimum absolute atomic E-state index is 0.272. The number of benzene rings is 1. The number of rotatable bonds is 3. The summed E-state index contributed by atoms with van der Waals surface area (Å²) in [6, 6.07) is 9.17. The standard InChI is InChI=1S/C11H11NO3/c1-11(12(14)15)9(7-13)10(11)8-5-3-2-4-6-8/h2-7,9-10H,1H3/t9-,10-,11-/m1/s1.